The van der Waals surface area contributed by atoms with E-state index in [0.717, 1.165) is 83.8 Å². The number of hydrogen-bond donors (Lipinski definition) is 1. The summed E-state index contributed by atoms with van der Waals surface area (Å²) in [5.74, 6) is 0.830. The highest BCUT2D eigenvalue weighted by atomic mass is 16.5. The number of benzene rings is 4. The van der Waals surface area contributed by atoms with Gasteiger partial charge in [-0.1, -0.05) is 84.9 Å². The summed E-state index contributed by atoms with van der Waals surface area (Å²) in [6.45, 7) is 0. The summed E-state index contributed by atoms with van der Waals surface area (Å²) in [6.07, 6.45) is 3.25. The molecule has 6 nitrogen and oxygen atoms in total. The van der Waals surface area contributed by atoms with Crippen LogP contribution in [-0.4, -0.2) is 19.9 Å². The number of aromatic nitrogens is 4. The molecule has 0 spiro atoms. The molecule has 4 aromatic carbocycles. The molecule has 1 aliphatic rings. The van der Waals surface area contributed by atoms with E-state index in [4.69, 9.17) is 14.7 Å². The molecular formula is C41H27N5O. The lowest BCUT2D eigenvalue weighted by Crippen LogP contribution is -2.10. The molecule has 0 aliphatic carbocycles. The number of pyridine rings is 4. The van der Waals surface area contributed by atoms with E-state index in [-0.39, 0.29) is 6.23 Å². The topological polar surface area (TPSA) is 72.8 Å². The molecule has 0 saturated carbocycles. The number of hydrogen-bond acceptors (Lipinski definition) is 6. The van der Waals surface area contributed by atoms with E-state index in [9.17, 15) is 0 Å². The monoisotopic (exact) mass is 605 g/mol. The Morgan fingerprint density at radius 3 is 1.89 bits per heavy atom. The molecular weight excluding hydrogens is 578 g/mol. The largest absolute Gasteiger partial charge is 0.464 e. The van der Waals surface area contributed by atoms with Gasteiger partial charge in [-0.15, -0.1) is 0 Å². The second-order valence-electron chi connectivity index (χ2n) is 11.5. The summed E-state index contributed by atoms with van der Waals surface area (Å²) < 4.78 is 6.54. The first-order chi connectivity index (χ1) is 23.3. The summed E-state index contributed by atoms with van der Waals surface area (Å²) in [5.41, 5.74) is 10.3. The molecule has 6 heteroatoms. The van der Waals surface area contributed by atoms with Crippen molar-refractivity contribution >= 4 is 27.4 Å². The van der Waals surface area contributed by atoms with Gasteiger partial charge >= 0.3 is 0 Å². The zero-order valence-corrected chi connectivity index (χ0v) is 25.2. The van der Waals surface area contributed by atoms with Crippen LogP contribution in [0.4, 0.5) is 5.69 Å². The first kappa shape index (κ1) is 27.0. The van der Waals surface area contributed by atoms with Gasteiger partial charge in [-0.2, -0.15) is 0 Å². The van der Waals surface area contributed by atoms with Crippen molar-refractivity contribution in [2.24, 2.45) is 0 Å². The molecule has 1 aliphatic heterocycles. The van der Waals surface area contributed by atoms with E-state index >= 15 is 0 Å². The van der Waals surface area contributed by atoms with Gasteiger partial charge in [-0.05, 0) is 65.7 Å². The van der Waals surface area contributed by atoms with Gasteiger partial charge in [0.25, 0.3) is 0 Å². The summed E-state index contributed by atoms with van der Waals surface area (Å²) in [6, 6.07) is 47.3. The molecule has 1 unspecified atom stereocenters. The molecule has 0 fully saturated rings. The number of nitrogens with zero attached hydrogens (tertiary/aromatic N) is 4. The summed E-state index contributed by atoms with van der Waals surface area (Å²) >= 11 is 0. The van der Waals surface area contributed by atoms with Crippen LogP contribution in [0.25, 0.3) is 66.8 Å². The third-order valence-electron chi connectivity index (χ3n) is 8.62. The highest BCUT2D eigenvalue weighted by Crippen LogP contribution is 2.47. The Kier molecular flexibility index (Phi) is 6.42. The fraction of sp³-hybridized carbons (Fsp3) is 0.0244. The molecule has 222 valence electrons. The second kappa shape index (κ2) is 11.2. The highest BCUT2D eigenvalue weighted by molar-refractivity contribution is 6.17. The second-order valence-corrected chi connectivity index (χ2v) is 11.5. The van der Waals surface area contributed by atoms with Crippen LogP contribution >= 0.6 is 0 Å². The molecule has 0 bridgehead atoms. The zero-order chi connectivity index (χ0) is 31.2. The van der Waals surface area contributed by atoms with Crippen molar-refractivity contribution in [2.45, 2.75) is 6.23 Å². The van der Waals surface area contributed by atoms with Crippen molar-refractivity contribution in [1.29, 1.82) is 0 Å². The van der Waals surface area contributed by atoms with Gasteiger partial charge in [-0.3, -0.25) is 9.97 Å². The van der Waals surface area contributed by atoms with E-state index in [2.05, 4.69) is 106 Å². The minimum Gasteiger partial charge on any atom is -0.464 e. The van der Waals surface area contributed by atoms with Crippen molar-refractivity contribution < 1.29 is 4.74 Å². The Balaban J connectivity index is 1.09. The third-order valence-corrected chi connectivity index (χ3v) is 8.62. The van der Waals surface area contributed by atoms with Crippen LogP contribution in [0.3, 0.4) is 0 Å². The highest BCUT2D eigenvalue weighted by Gasteiger charge is 2.27. The van der Waals surface area contributed by atoms with E-state index in [1.807, 2.05) is 48.5 Å². The van der Waals surface area contributed by atoms with Crippen LogP contribution in [0.15, 0.2) is 152 Å². The molecule has 5 heterocycles. The molecule has 8 aromatic rings. The Bertz CT molecular complexity index is 2340. The number of para-hydroxylation sites is 1. The van der Waals surface area contributed by atoms with E-state index in [0.29, 0.717) is 0 Å². The van der Waals surface area contributed by atoms with Crippen LogP contribution in [-0.2, 0) is 0 Å². The van der Waals surface area contributed by atoms with Gasteiger partial charge in [0.1, 0.15) is 5.75 Å². The normalized spacial score (nSPS) is 13.7. The molecule has 0 amide bonds. The van der Waals surface area contributed by atoms with E-state index in [1.165, 1.54) is 0 Å². The van der Waals surface area contributed by atoms with Gasteiger partial charge in [0, 0.05) is 39.7 Å². The molecule has 47 heavy (non-hydrogen) atoms. The number of ether oxygens (including phenoxy) is 1. The first-order valence-corrected chi connectivity index (χ1v) is 15.6. The Morgan fingerprint density at radius 1 is 0.511 bits per heavy atom. The van der Waals surface area contributed by atoms with Crippen LogP contribution in [0.2, 0.25) is 0 Å². The van der Waals surface area contributed by atoms with Crippen LogP contribution < -0.4 is 10.1 Å². The zero-order valence-electron chi connectivity index (χ0n) is 25.2. The summed E-state index contributed by atoms with van der Waals surface area (Å²) in [4.78, 5) is 19.1. The maximum atomic E-state index is 6.54. The van der Waals surface area contributed by atoms with Crippen LogP contribution in [0.5, 0.6) is 5.75 Å². The summed E-state index contributed by atoms with van der Waals surface area (Å²) in [7, 11) is 0. The number of anilines is 1. The quantitative estimate of drug-likeness (QED) is 0.197. The first-order valence-electron chi connectivity index (χ1n) is 15.6. The lowest BCUT2D eigenvalue weighted by Gasteiger charge is -2.14. The number of fused-ring (bicyclic) bond motifs is 5. The van der Waals surface area contributed by atoms with Crippen LogP contribution in [0.1, 0.15) is 11.8 Å². The fourth-order valence-corrected chi connectivity index (χ4v) is 6.36. The maximum Gasteiger partial charge on any atom is 0.196 e. The third kappa shape index (κ3) is 4.84. The lowest BCUT2D eigenvalue weighted by molar-refractivity contribution is 0.260. The minimum atomic E-state index is -0.331. The smallest absolute Gasteiger partial charge is 0.196 e. The van der Waals surface area contributed by atoms with E-state index in [1.54, 1.807) is 12.4 Å². The van der Waals surface area contributed by atoms with Gasteiger partial charge in [0.05, 0.1) is 39.7 Å². The molecule has 0 radical (unpaired) electrons. The molecule has 1 atom stereocenters. The van der Waals surface area contributed by atoms with Crippen molar-refractivity contribution in [1.82, 2.24) is 19.9 Å². The average Bonchev–Trinajstić information content (AvgIpc) is 3.60. The molecule has 9 rings (SSSR count). The van der Waals surface area contributed by atoms with Crippen molar-refractivity contribution in [3.8, 4) is 50.9 Å². The average molecular weight is 606 g/mol. The Morgan fingerprint density at radius 2 is 1.19 bits per heavy atom. The SMILES string of the molecule is c1ccc(-c2nc3ccccc3c3c4c(ccc23)OC(c2ccc(-c3cc(-c5ccccn5)nc(-c5ccccn5)c3)cc2)N4)cc1. The van der Waals surface area contributed by atoms with E-state index < -0.39 is 0 Å². The van der Waals surface area contributed by atoms with Gasteiger partial charge < -0.3 is 10.1 Å². The molecule has 0 saturated heterocycles. The fourth-order valence-electron chi connectivity index (χ4n) is 6.36. The summed E-state index contributed by atoms with van der Waals surface area (Å²) in [5, 5.41) is 7.01. The van der Waals surface area contributed by atoms with Gasteiger partial charge in [-0.25, -0.2) is 9.97 Å². The van der Waals surface area contributed by atoms with Crippen molar-refractivity contribution in [3.63, 3.8) is 0 Å². The van der Waals surface area contributed by atoms with Gasteiger partial charge in [0.2, 0.25) is 0 Å². The standard InChI is InChI=1S/C41H27N5O/c1-2-10-27(11-3-1)39-31-20-21-37-40(38(31)30-12-4-5-13-32(30)45-39)46-41(47-37)28-18-16-26(17-19-28)29-24-35(33-14-6-8-22-42-33)44-36(25-29)34-15-7-9-23-43-34/h1-25,41,46H. The van der Waals surface area contributed by atoms with Crippen molar-refractivity contribution in [2.75, 3.05) is 5.32 Å². The maximum absolute atomic E-state index is 6.54. The predicted molar refractivity (Wildman–Crippen MR) is 188 cm³/mol. The predicted octanol–water partition coefficient (Wildman–Crippen LogP) is 9.74. The minimum absolute atomic E-state index is 0.331. The Labute approximate surface area is 271 Å². The molecule has 1 N–H and O–H groups in total. The van der Waals surface area contributed by atoms with Crippen molar-refractivity contribution in [3.05, 3.63) is 157 Å². The number of nitrogens with one attached hydrogen (secondary N) is 1. The molecule has 4 aromatic heterocycles. The van der Waals surface area contributed by atoms with Gasteiger partial charge in [0.15, 0.2) is 6.23 Å². The lowest BCUT2D eigenvalue weighted by atomic mass is 9.98. The van der Waals surface area contributed by atoms with Crippen LogP contribution in [0, 0.1) is 0 Å². The Hall–Kier alpha value is -6.40. The number of rotatable bonds is 5.